The molecule has 0 radical (unpaired) electrons. The van der Waals surface area contributed by atoms with Crippen molar-refractivity contribution in [1.29, 1.82) is 0 Å². The van der Waals surface area contributed by atoms with Gasteiger partial charge in [-0.15, -0.1) is 5.10 Å². The zero-order valence-corrected chi connectivity index (χ0v) is 15.4. The number of rotatable bonds is 5. The molecule has 2 aromatic rings. The second-order valence-electron chi connectivity index (χ2n) is 7.02. The highest BCUT2D eigenvalue weighted by Gasteiger charge is 2.43. The van der Waals surface area contributed by atoms with Gasteiger partial charge in [-0.05, 0) is 73.5 Å². The first-order valence-electron chi connectivity index (χ1n) is 9.23. The lowest BCUT2D eigenvalue weighted by Gasteiger charge is -2.44. The highest BCUT2D eigenvalue weighted by molar-refractivity contribution is 5.39. The Bertz CT molecular complexity index is 661. The van der Waals surface area contributed by atoms with Crippen LogP contribution in [0.2, 0.25) is 0 Å². The van der Waals surface area contributed by atoms with Crippen molar-refractivity contribution in [3.8, 4) is 5.69 Å². The van der Waals surface area contributed by atoms with Crippen LogP contribution in [0.5, 0.6) is 0 Å². The first-order valence-corrected chi connectivity index (χ1v) is 9.23. The SMILES string of the molecule is CCN(CC)C1(c2nnnn2-c2cc(C)cc(C)c2)CCCCC1. The van der Waals surface area contributed by atoms with Crippen LogP contribution in [0.15, 0.2) is 18.2 Å². The summed E-state index contributed by atoms with van der Waals surface area (Å²) in [4.78, 5) is 2.55. The van der Waals surface area contributed by atoms with Crippen LogP contribution in [0.25, 0.3) is 5.69 Å². The van der Waals surface area contributed by atoms with Crippen molar-refractivity contribution in [2.24, 2.45) is 0 Å². The Balaban J connectivity index is 2.12. The average molecular weight is 327 g/mol. The summed E-state index contributed by atoms with van der Waals surface area (Å²) in [5.74, 6) is 1.01. The molecule has 0 spiro atoms. The van der Waals surface area contributed by atoms with Crippen molar-refractivity contribution in [3.63, 3.8) is 0 Å². The van der Waals surface area contributed by atoms with Crippen LogP contribution >= 0.6 is 0 Å². The van der Waals surface area contributed by atoms with E-state index in [0.29, 0.717) is 0 Å². The van der Waals surface area contributed by atoms with Gasteiger partial charge in [0.1, 0.15) is 0 Å². The van der Waals surface area contributed by atoms with E-state index in [2.05, 4.69) is 66.3 Å². The van der Waals surface area contributed by atoms with Crippen LogP contribution in [0, 0.1) is 13.8 Å². The van der Waals surface area contributed by atoms with Gasteiger partial charge in [-0.3, -0.25) is 4.90 Å². The molecule has 0 unspecified atom stereocenters. The van der Waals surface area contributed by atoms with Crippen molar-refractivity contribution in [1.82, 2.24) is 25.1 Å². The van der Waals surface area contributed by atoms with Crippen molar-refractivity contribution >= 4 is 0 Å². The minimum Gasteiger partial charge on any atom is -0.291 e. The molecule has 1 aliphatic rings. The largest absolute Gasteiger partial charge is 0.291 e. The Morgan fingerprint density at radius 1 is 1.00 bits per heavy atom. The third-order valence-corrected chi connectivity index (χ3v) is 5.39. The molecule has 0 N–H and O–H groups in total. The summed E-state index contributed by atoms with van der Waals surface area (Å²) >= 11 is 0. The highest BCUT2D eigenvalue weighted by atomic mass is 15.6. The second kappa shape index (κ2) is 7.01. The van der Waals surface area contributed by atoms with Crippen LogP contribution in [0.1, 0.15) is 62.9 Å². The van der Waals surface area contributed by atoms with Gasteiger partial charge >= 0.3 is 0 Å². The molecule has 5 heteroatoms. The van der Waals surface area contributed by atoms with Crippen LogP contribution in [0.4, 0.5) is 0 Å². The molecule has 0 saturated heterocycles. The van der Waals surface area contributed by atoms with Gasteiger partial charge in [-0.2, -0.15) is 4.68 Å². The maximum Gasteiger partial charge on any atom is 0.176 e. The Kier molecular flexibility index (Phi) is 4.99. The number of hydrogen-bond acceptors (Lipinski definition) is 4. The number of hydrogen-bond donors (Lipinski definition) is 0. The van der Waals surface area contributed by atoms with E-state index < -0.39 is 0 Å². The van der Waals surface area contributed by atoms with Crippen molar-refractivity contribution in [2.75, 3.05) is 13.1 Å². The van der Waals surface area contributed by atoms with Gasteiger partial charge in [0.15, 0.2) is 5.82 Å². The van der Waals surface area contributed by atoms with E-state index in [1.165, 1.54) is 30.4 Å². The second-order valence-corrected chi connectivity index (χ2v) is 7.02. The molecule has 1 saturated carbocycles. The smallest absolute Gasteiger partial charge is 0.176 e. The number of nitrogens with zero attached hydrogens (tertiary/aromatic N) is 5. The predicted molar refractivity (Wildman–Crippen MR) is 96.3 cm³/mol. The van der Waals surface area contributed by atoms with Gasteiger partial charge in [0, 0.05) is 0 Å². The van der Waals surface area contributed by atoms with Gasteiger partial charge in [0.05, 0.1) is 11.2 Å². The number of aryl methyl sites for hydroxylation is 2. The monoisotopic (exact) mass is 327 g/mol. The molecule has 0 aliphatic heterocycles. The van der Waals surface area contributed by atoms with Crippen LogP contribution < -0.4 is 0 Å². The lowest BCUT2D eigenvalue weighted by atomic mass is 9.79. The summed E-state index contributed by atoms with van der Waals surface area (Å²) < 4.78 is 1.98. The fourth-order valence-corrected chi connectivity index (χ4v) is 4.37. The van der Waals surface area contributed by atoms with Crippen molar-refractivity contribution in [2.45, 2.75) is 65.3 Å². The van der Waals surface area contributed by atoms with Gasteiger partial charge in [-0.1, -0.05) is 39.2 Å². The maximum atomic E-state index is 4.52. The van der Waals surface area contributed by atoms with Crippen LogP contribution in [0.3, 0.4) is 0 Å². The Morgan fingerprint density at radius 3 is 2.21 bits per heavy atom. The van der Waals surface area contributed by atoms with E-state index in [4.69, 9.17) is 0 Å². The first-order chi connectivity index (χ1) is 11.6. The summed E-state index contributed by atoms with van der Waals surface area (Å²) in [5.41, 5.74) is 3.52. The molecule has 5 nitrogen and oxygen atoms in total. The van der Waals surface area contributed by atoms with Crippen molar-refractivity contribution in [3.05, 3.63) is 35.2 Å². The standard InChI is InChI=1S/C19H29N5/c1-5-23(6-2)19(10-8-7-9-11-19)18-20-21-22-24(18)17-13-15(3)12-16(4)14-17/h12-14H,5-11H2,1-4H3. The van der Waals surface area contributed by atoms with E-state index >= 15 is 0 Å². The lowest BCUT2D eigenvalue weighted by molar-refractivity contribution is 0.0463. The third kappa shape index (κ3) is 2.97. The lowest BCUT2D eigenvalue weighted by Crippen LogP contribution is -2.49. The zero-order valence-electron chi connectivity index (χ0n) is 15.4. The van der Waals surface area contributed by atoms with Gasteiger partial charge in [-0.25, -0.2) is 0 Å². The molecule has 1 fully saturated rings. The third-order valence-electron chi connectivity index (χ3n) is 5.39. The molecule has 1 aromatic carbocycles. The molecule has 1 aromatic heterocycles. The molecule has 130 valence electrons. The molecule has 0 amide bonds. The molecule has 3 rings (SSSR count). The minimum atomic E-state index is -0.0388. The van der Waals surface area contributed by atoms with Gasteiger partial charge < -0.3 is 0 Å². The van der Waals surface area contributed by atoms with E-state index in [1.54, 1.807) is 0 Å². The summed E-state index contributed by atoms with van der Waals surface area (Å²) in [7, 11) is 0. The first kappa shape index (κ1) is 17.1. The molecular formula is C19H29N5. The summed E-state index contributed by atoms with van der Waals surface area (Å²) in [5, 5.41) is 13.0. The molecule has 1 heterocycles. The molecule has 1 aliphatic carbocycles. The van der Waals surface area contributed by atoms with E-state index in [1.807, 2.05) is 4.68 Å². The fraction of sp³-hybridized carbons (Fsp3) is 0.632. The maximum absolute atomic E-state index is 4.52. The Labute approximate surface area is 145 Å². The minimum absolute atomic E-state index is 0.0388. The summed E-state index contributed by atoms with van der Waals surface area (Å²) in [6.45, 7) is 10.8. The molecule has 0 atom stereocenters. The van der Waals surface area contributed by atoms with E-state index in [0.717, 1.165) is 37.4 Å². The topological polar surface area (TPSA) is 46.8 Å². The van der Waals surface area contributed by atoms with E-state index in [-0.39, 0.29) is 5.54 Å². The summed E-state index contributed by atoms with van der Waals surface area (Å²) in [6.07, 6.45) is 6.08. The number of aromatic nitrogens is 4. The quantitative estimate of drug-likeness (QED) is 0.838. The van der Waals surface area contributed by atoms with Crippen LogP contribution in [-0.4, -0.2) is 38.2 Å². The molecule has 0 bridgehead atoms. The van der Waals surface area contributed by atoms with E-state index in [9.17, 15) is 0 Å². The summed E-state index contributed by atoms with van der Waals surface area (Å²) in [6, 6.07) is 6.53. The normalized spacial score (nSPS) is 17.4. The Hall–Kier alpha value is -1.75. The highest BCUT2D eigenvalue weighted by Crippen LogP contribution is 2.41. The van der Waals surface area contributed by atoms with Crippen molar-refractivity contribution < 1.29 is 0 Å². The van der Waals surface area contributed by atoms with Crippen LogP contribution in [-0.2, 0) is 5.54 Å². The number of benzene rings is 1. The zero-order chi connectivity index (χ0) is 17.2. The van der Waals surface area contributed by atoms with Gasteiger partial charge in [0.2, 0.25) is 0 Å². The Morgan fingerprint density at radius 2 is 1.62 bits per heavy atom. The molecular weight excluding hydrogens is 298 g/mol. The fourth-order valence-electron chi connectivity index (χ4n) is 4.37. The average Bonchev–Trinajstić information content (AvgIpc) is 3.06. The van der Waals surface area contributed by atoms with Gasteiger partial charge in [0.25, 0.3) is 0 Å². The number of tetrazole rings is 1. The molecule has 24 heavy (non-hydrogen) atoms. The predicted octanol–water partition coefficient (Wildman–Crippen LogP) is 3.78.